The Morgan fingerprint density at radius 2 is 2.32 bits per heavy atom. The van der Waals surface area contributed by atoms with Gasteiger partial charge in [0, 0.05) is 44.8 Å². The molecule has 6 heteroatoms. The molecule has 1 saturated carbocycles. The molecule has 0 unspecified atom stereocenters. The molecule has 0 amide bonds. The van der Waals surface area contributed by atoms with Gasteiger partial charge < -0.3 is 9.15 Å². The lowest BCUT2D eigenvalue weighted by molar-refractivity contribution is 0.131. The van der Waals surface area contributed by atoms with Crippen LogP contribution in [0.1, 0.15) is 35.7 Å². The van der Waals surface area contributed by atoms with Gasteiger partial charge in [-0.25, -0.2) is 4.68 Å². The highest BCUT2D eigenvalue weighted by atomic mass is 16.5. The summed E-state index contributed by atoms with van der Waals surface area (Å²) in [5.74, 6) is 1.15. The number of rotatable bonds is 6. The Morgan fingerprint density at radius 1 is 1.41 bits per heavy atom. The van der Waals surface area contributed by atoms with E-state index in [-0.39, 0.29) is 0 Å². The highest BCUT2D eigenvalue weighted by molar-refractivity contribution is 5.21. The molecule has 6 nitrogen and oxygen atoms in total. The molecule has 1 aliphatic carbocycles. The second kappa shape index (κ2) is 5.85. The smallest absolute Gasteiger partial charge is 0.100 e. The molecule has 0 spiro atoms. The minimum atomic E-state index is 0.342. The molecule has 0 aromatic carbocycles. The molecule has 2 aliphatic rings. The van der Waals surface area contributed by atoms with Gasteiger partial charge in [-0.05, 0) is 24.8 Å². The van der Waals surface area contributed by atoms with Crippen LogP contribution in [0.15, 0.2) is 23.0 Å². The van der Waals surface area contributed by atoms with Gasteiger partial charge in [-0.2, -0.15) is 0 Å². The third-order valence-corrected chi connectivity index (χ3v) is 4.57. The van der Waals surface area contributed by atoms with Gasteiger partial charge in [-0.1, -0.05) is 5.21 Å². The molecular formula is C16H22N4O2. The first-order valence-electron chi connectivity index (χ1n) is 7.98. The van der Waals surface area contributed by atoms with Crippen LogP contribution in [0.3, 0.4) is 0 Å². The minimum Gasteiger partial charge on any atom is -0.472 e. The highest BCUT2D eigenvalue weighted by Crippen LogP contribution is 2.34. The molecule has 1 atom stereocenters. The zero-order valence-electron chi connectivity index (χ0n) is 12.9. The Labute approximate surface area is 130 Å². The first-order chi connectivity index (χ1) is 10.8. The van der Waals surface area contributed by atoms with Crippen molar-refractivity contribution in [2.24, 2.45) is 5.92 Å². The standard InChI is InChI=1S/C16H22N4O2/c1-21-11-14-8-19(6-13-4-5-22-10-13)9-15-16(14)20(18-17-15)7-12-2-3-12/h4-5,10,12,14H,2-3,6-9,11H2,1H3/t14-/m1/s1. The second-order valence-corrected chi connectivity index (χ2v) is 6.50. The number of ether oxygens (including phenoxy) is 1. The van der Waals surface area contributed by atoms with Crippen LogP contribution in [-0.4, -0.2) is 40.2 Å². The number of nitrogens with zero attached hydrogens (tertiary/aromatic N) is 4. The predicted octanol–water partition coefficient (Wildman–Crippen LogP) is 2.03. The van der Waals surface area contributed by atoms with E-state index < -0.39 is 0 Å². The fraction of sp³-hybridized carbons (Fsp3) is 0.625. The molecule has 2 aromatic heterocycles. The van der Waals surface area contributed by atoms with Crippen molar-refractivity contribution in [3.05, 3.63) is 35.5 Å². The maximum atomic E-state index is 5.45. The zero-order valence-corrected chi connectivity index (χ0v) is 12.9. The fourth-order valence-corrected chi connectivity index (χ4v) is 3.36. The Kier molecular flexibility index (Phi) is 3.72. The molecule has 1 fully saturated rings. The lowest BCUT2D eigenvalue weighted by Gasteiger charge is -2.31. The highest BCUT2D eigenvalue weighted by Gasteiger charge is 2.32. The monoisotopic (exact) mass is 302 g/mol. The van der Waals surface area contributed by atoms with Crippen molar-refractivity contribution < 1.29 is 9.15 Å². The molecule has 3 heterocycles. The molecule has 1 aliphatic heterocycles. The summed E-state index contributed by atoms with van der Waals surface area (Å²) in [4.78, 5) is 2.40. The summed E-state index contributed by atoms with van der Waals surface area (Å²) >= 11 is 0. The van der Waals surface area contributed by atoms with Gasteiger partial charge in [-0.3, -0.25) is 4.90 Å². The van der Waals surface area contributed by atoms with Crippen LogP contribution in [0, 0.1) is 5.92 Å². The van der Waals surface area contributed by atoms with Gasteiger partial charge in [-0.15, -0.1) is 5.10 Å². The lowest BCUT2D eigenvalue weighted by atomic mass is 9.98. The SMILES string of the molecule is COC[C@H]1CN(Cc2ccoc2)Cc2nnn(CC3CC3)c21. The summed E-state index contributed by atoms with van der Waals surface area (Å²) in [5.41, 5.74) is 3.60. The number of methoxy groups -OCH3 is 1. The summed E-state index contributed by atoms with van der Waals surface area (Å²) < 4.78 is 12.8. The average Bonchev–Trinajstić information content (AvgIpc) is 3.00. The molecule has 22 heavy (non-hydrogen) atoms. The molecule has 0 N–H and O–H groups in total. The predicted molar refractivity (Wildman–Crippen MR) is 80.2 cm³/mol. The Bertz CT molecular complexity index is 618. The second-order valence-electron chi connectivity index (χ2n) is 6.50. The van der Waals surface area contributed by atoms with E-state index in [1.165, 1.54) is 24.1 Å². The lowest BCUT2D eigenvalue weighted by Crippen LogP contribution is -2.36. The summed E-state index contributed by atoms with van der Waals surface area (Å²) in [6.45, 7) is 4.44. The van der Waals surface area contributed by atoms with Gasteiger partial charge in [0.15, 0.2) is 0 Å². The maximum Gasteiger partial charge on any atom is 0.100 e. The van der Waals surface area contributed by atoms with E-state index in [1.807, 2.05) is 12.3 Å². The molecule has 0 radical (unpaired) electrons. The van der Waals surface area contributed by atoms with Crippen molar-refractivity contribution in [2.45, 2.75) is 38.4 Å². The van der Waals surface area contributed by atoms with Gasteiger partial charge in [0.1, 0.15) is 5.69 Å². The van der Waals surface area contributed by atoms with Gasteiger partial charge in [0.05, 0.1) is 24.8 Å². The van der Waals surface area contributed by atoms with E-state index in [9.17, 15) is 0 Å². The van der Waals surface area contributed by atoms with Gasteiger partial charge in [0.25, 0.3) is 0 Å². The minimum absolute atomic E-state index is 0.342. The van der Waals surface area contributed by atoms with E-state index in [0.717, 1.165) is 37.8 Å². The Morgan fingerprint density at radius 3 is 3.05 bits per heavy atom. The normalized spacial score (nSPS) is 22.0. The van der Waals surface area contributed by atoms with Crippen LogP contribution >= 0.6 is 0 Å². The van der Waals surface area contributed by atoms with E-state index in [0.29, 0.717) is 12.5 Å². The van der Waals surface area contributed by atoms with Crippen molar-refractivity contribution in [3.63, 3.8) is 0 Å². The average molecular weight is 302 g/mol. The summed E-state index contributed by atoms with van der Waals surface area (Å²) in [7, 11) is 1.77. The number of furan rings is 1. The van der Waals surface area contributed by atoms with Crippen LogP contribution in [-0.2, 0) is 24.4 Å². The molecular weight excluding hydrogens is 280 g/mol. The molecule has 0 bridgehead atoms. The third-order valence-electron chi connectivity index (χ3n) is 4.57. The summed E-state index contributed by atoms with van der Waals surface area (Å²) in [5, 5.41) is 8.85. The molecule has 4 rings (SSSR count). The van der Waals surface area contributed by atoms with Gasteiger partial charge in [0.2, 0.25) is 0 Å². The molecule has 2 aromatic rings. The maximum absolute atomic E-state index is 5.45. The Balaban J connectivity index is 1.55. The zero-order chi connectivity index (χ0) is 14.9. The van der Waals surface area contributed by atoms with Crippen LogP contribution < -0.4 is 0 Å². The first kappa shape index (κ1) is 14.0. The van der Waals surface area contributed by atoms with Crippen molar-refractivity contribution in [1.29, 1.82) is 0 Å². The number of aromatic nitrogens is 3. The van der Waals surface area contributed by atoms with E-state index >= 15 is 0 Å². The third kappa shape index (κ3) is 2.80. The molecule has 0 saturated heterocycles. The first-order valence-corrected chi connectivity index (χ1v) is 7.98. The van der Waals surface area contributed by atoms with Gasteiger partial charge >= 0.3 is 0 Å². The quantitative estimate of drug-likeness (QED) is 0.817. The summed E-state index contributed by atoms with van der Waals surface area (Å²) in [6, 6.07) is 2.02. The van der Waals surface area contributed by atoms with E-state index in [2.05, 4.69) is 19.9 Å². The number of hydrogen-bond donors (Lipinski definition) is 0. The van der Waals surface area contributed by atoms with Crippen LogP contribution in [0.4, 0.5) is 0 Å². The number of hydrogen-bond acceptors (Lipinski definition) is 5. The fourth-order valence-electron chi connectivity index (χ4n) is 3.36. The van der Waals surface area contributed by atoms with E-state index in [4.69, 9.17) is 9.15 Å². The van der Waals surface area contributed by atoms with Crippen LogP contribution in [0.2, 0.25) is 0 Å². The topological polar surface area (TPSA) is 56.3 Å². The van der Waals surface area contributed by atoms with E-state index in [1.54, 1.807) is 13.4 Å². The largest absolute Gasteiger partial charge is 0.472 e. The van der Waals surface area contributed by atoms with Crippen LogP contribution in [0.5, 0.6) is 0 Å². The number of fused-ring (bicyclic) bond motifs is 1. The van der Waals surface area contributed by atoms with Crippen molar-refractivity contribution in [1.82, 2.24) is 19.9 Å². The summed E-state index contributed by atoms with van der Waals surface area (Å²) in [6.07, 6.45) is 6.19. The van der Waals surface area contributed by atoms with Crippen LogP contribution in [0.25, 0.3) is 0 Å². The van der Waals surface area contributed by atoms with Crippen molar-refractivity contribution >= 4 is 0 Å². The Hall–Kier alpha value is -1.66. The van der Waals surface area contributed by atoms with Crippen molar-refractivity contribution in [2.75, 3.05) is 20.3 Å². The molecule has 118 valence electrons. The van der Waals surface area contributed by atoms with Crippen molar-refractivity contribution in [3.8, 4) is 0 Å².